The van der Waals surface area contributed by atoms with E-state index in [2.05, 4.69) is 0 Å². The standard InChI is InChI=1S/C11H14ClNO4/c1-2-17-11(16)9(13)10(15)6-3-4-8(14)7(12)5-6/h3-5,9-10,14-15H,2,13H2,1H3/t9-,10-/m1/s1. The van der Waals surface area contributed by atoms with Crippen molar-refractivity contribution >= 4 is 17.6 Å². The van der Waals surface area contributed by atoms with E-state index in [1.54, 1.807) is 6.92 Å². The molecule has 1 rings (SSSR count). The van der Waals surface area contributed by atoms with E-state index in [9.17, 15) is 15.0 Å². The van der Waals surface area contributed by atoms with Crippen molar-refractivity contribution < 1.29 is 19.7 Å². The van der Waals surface area contributed by atoms with Crippen molar-refractivity contribution in [3.8, 4) is 5.75 Å². The van der Waals surface area contributed by atoms with E-state index < -0.39 is 18.1 Å². The lowest BCUT2D eigenvalue weighted by atomic mass is 10.0. The number of rotatable bonds is 4. The molecular formula is C11H14ClNO4. The number of halogens is 1. The molecule has 0 radical (unpaired) electrons. The molecule has 1 aromatic rings. The average Bonchev–Trinajstić information content (AvgIpc) is 2.31. The third kappa shape index (κ3) is 3.33. The first-order chi connectivity index (χ1) is 7.97. The number of esters is 1. The summed E-state index contributed by atoms with van der Waals surface area (Å²) < 4.78 is 4.69. The molecule has 0 aliphatic heterocycles. The molecule has 94 valence electrons. The Labute approximate surface area is 104 Å². The predicted molar refractivity (Wildman–Crippen MR) is 62.7 cm³/mol. The van der Waals surface area contributed by atoms with Gasteiger partial charge in [0.1, 0.15) is 17.9 Å². The normalized spacial score (nSPS) is 14.1. The second-order valence-corrected chi connectivity index (χ2v) is 3.84. The van der Waals surface area contributed by atoms with Crippen LogP contribution >= 0.6 is 11.6 Å². The van der Waals surface area contributed by atoms with E-state index in [0.717, 1.165) is 0 Å². The number of phenolic OH excluding ortho intramolecular Hbond substituents is 1. The molecule has 0 aliphatic rings. The van der Waals surface area contributed by atoms with E-state index in [4.69, 9.17) is 22.1 Å². The Bertz CT molecular complexity index is 410. The molecule has 0 spiro atoms. The molecule has 0 aromatic heterocycles. The van der Waals surface area contributed by atoms with Crippen LogP contribution in [0, 0.1) is 0 Å². The lowest BCUT2D eigenvalue weighted by Gasteiger charge is -2.17. The van der Waals surface area contributed by atoms with Gasteiger partial charge in [0, 0.05) is 0 Å². The van der Waals surface area contributed by atoms with Crippen LogP contribution in [0.3, 0.4) is 0 Å². The topological polar surface area (TPSA) is 92.8 Å². The minimum atomic E-state index is -1.23. The smallest absolute Gasteiger partial charge is 0.325 e. The fourth-order valence-corrected chi connectivity index (χ4v) is 1.47. The van der Waals surface area contributed by atoms with Crippen molar-refractivity contribution in [2.24, 2.45) is 5.73 Å². The molecule has 1 aromatic carbocycles. The van der Waals surface area contributed by atoms with Gasteiger partial charge in [0.05, 0.1) is 11.6 Å². The minimum Gasteiger partial charge on any atom is -0.506 e. The fraction of sp³-hybridized carbons (Fsp3) is 0.364. The number of aliphatic hydroxyl groups excluding tert-OH is 1. The van der Waals surface area contributed by atoms with Crippen molar-refractivity contribution in [1.29, 1.82) is 0 Å². The number of ether oxygens (including phenoxy) is 1. The summed E-state index contributed by atoms with van der Waals surface area (Å²) in [6, 6.07) is 2.92. The summed E-state index contributed by atoms with van der Waals surface area (Å²) in [5.41, 5.74) is 5.88. The molecule has 17 heavy (non-hydrogen) atoms. The Morgan fingerprint density at radius 1 is 1.59 bits per heavy atom. The number of hydrogen-bond donors (Lipinski definition) is 3. The molecule has 0 amide bonds. The maximum atomic E-state index is 11.3. The van der Waals surface area contributed by atoms with Crippen LogP contribution in [0.2, 0.25) is 5.02 Å². The number of hydrogen-bond acceptors (Lipinski definition) is 5. The van der Waals surface area contributed by atoms with Crippen LogP contribution in [0.4, 0.5) is 0 Å². The van der Waals surface area contributed by atoms with Gasteiger partial charge in [0.15, 0.2) is 0 Å². The molecular weight excluding hydrogens is 246 g/mol. The Morgan fingerprint density at radius 3 is 2.76 bits per heavy atom. The van der Waals surface area contributed by atoms with Crippen molar-refractivity contribution in [2.75, 3.05) is 6.61 Å². The minimum absolute atomic E-state index is 0.0811. The van der Waals surface area contributed by atoms with Gasteiger partial charge in [-0.15, -0.1) is 0 Å². The van der Waals surface area contributed by atoms with E-state index in [-0.39, 0.29) is 17.4 Å². The fourth-order valence-electron chi connectivity index (χ4n) is 1.28. The van der Waals surface area contributed by atoms with Gasteiger partial charge in [-0.2, -0.15) is 0 Å². The largest absolute Gasteiger partial charge is 0.506 e. The highest BCUT2D eigenvalue weighted by Gasteiger charge is 2.25. The van der Waals surface area contributed by atoms with Crippen molar-refractivity contribution in [1.82, 2.24) is 0 Å². The molecule has 0 unspecified atom stereocenters. The molecule has 0 bridgehead atoms. The third-order valence-electron chi connectivity index (χ3n) is 2.21. The first-order valence-electron chi connectivity index (χ1n) is 5.06. The van der Waals surface area contributed by atoms with Gasteiger partial charge in [-0.25, -0.2) is 0 Å². The third-order valence-corrected chi connectivity index (χ3v) is 2.51. The van der Waals surface area contributed by atoms with E-state index in [1.807, 2.05) is 0 Å². The van der Waals surface area contributed by atoms with E-state index in [1.165, 1.54) is 18.2 Å². The summed E-state index contributed by atoms with van der Waals surface area (Å²) in [6.45, 7) is 1.84. The zero-order valence-electron chi connectivity index (χ0n) is 9.26. The van der Waals surface area contributed by atoms with Gasteiger partial charge in [-0.3, -0.25) is 4.79 Å². The maximum absolute atomic E-state index is 11.3. The molecule has 5 nitrogen and oxygen atoms in total. The zero-order chi connectivity index (χ0) is 13.0. The molecule has 0 fully saturated rings. The summed E-state index contributed by atoms with van der Waals surface area (Å²) in [5.74, 6) is -0.795. The highest BCUT2D eigenvalue weighted by atomic mass is 35.5. The van der Waals surface area contributed by atoms with Gasteiger partial charge < -0.3 is 20.7 Å². The Hall–Kier alpha value is -1.30. The second-order valence-electron chi connectivity index (χ2n) is 3.43. The number of carbonyl (C=O) groups excluding carboxylic acids is 1. The van der Waals surface area contributed by atoms with Crippen molar-refractivity contribution in [3.63, 3.8) is 0 Å². The lowest BCUT2D eigenvalue weighted by molar-refractivity contribution is -0.147. The quantitative estimate of drug-likeness (QED) is 0.701. The Kier molecular flexibility index (Phi) is 4.74. The molecule has 0 saturated carbocycles. The molecule has 4 N–H and O–H groups in total. The van der Waals surface area contributed by atoms with E-state index >= 15 is 0 Å². The second kappa shape index (κ2) is 5.86. The summed E-state index contributed by atoms with van der Waals surface area (Å²) in [6.07, 6.45) is -1.23. The number of benzene rings is 1. The summed E-state index contributed by atoms with van der Waals surface area (Å²) in [4.78, 5) is 11.3. The van der Waals surface area contributed by atoms with Crippen LogP contribution in [0.25, 0.3) is 0 Å². The maximum Gasteiger partial charge on any atom is 0.325 e. The van der Waals surface area contributed by atoms with Gasteiger partial charge in [-0.05, 0) is 24.6 Å². The molecule has 2 atom stereocenters. The van der Waals surface area contributed by atoms with Gasteiger partial charge in [0.2, 0.25) is 0 Å². The SMILES string of the molecule is CCOC(=O)[C@H](N)[C@H](O)c1ccc(O)c(Cl)c1. The highest BCUT2D eigenvalue weighted by molar-refractivity contribution is 6.32. The van der Waals surface area contributed by atoms with Crippen LogP contribution in [-0.2, 0) is 9.53 Å². The number of carbonyl (C=O) groups is 1. The summed E-state index contributed by atoms with van der Waals surface area (Å²) in [7, 11) is 0. The molecule has 0 aliphatic carbocycles. The van der Waals surface area contributed by atoms with Gasteiger partial charge in [-0.1, -0.05) is 17.7 Å². The van der Waals surface area contributed by atoms with Crippen LogP contribution in [-0.4, -0.2) is 28.8 Å². The molecule has 0 heterocycles. The average molecular weight is 260 g/mol. The summed E-state index contributed by atoms with van der Waals surface area (Å²) in [5, 5.41) is 19.1. The lowest BCUT2D eigenvalue weighted by Crippen LogP contribution is -2.38. The first-order valence-corrected chi connectivity index (χ1v) is 5.43. The van der Waals surface area contributed by atoms with E-state index in [0.29, 0.717) is 5.56 Å². The van der Waals surface area contributed by atoms with Gasteiger partial charge in [0.25, 0.3) is 0 Å². The number of nitrogens with two attached hydrogens (primary N) is 1. The van der Waals surface area contributed by atoms with Crippen LogP contribution in [0.5, 0.6) is 5.75 Å². The predicted octanol–water partition coefficient (Wildman–Crippen LogP) is 0.969. The Balaban J connectivity index is 2.84. The van der Waals surface area contributed by atoms with Crippen LogP contribution in [0.15, 0.2) is 18.2 Å². The first kappa shape index (κ1) is 13.8. The van der Waals surface area contributed by atoms with Crippen LogP contribution in [0.1, 0.15) is 18.6 Å². The number of aliphatic hydroxyl groups is 1. The Morgan fingerprint density at radius 2 is 2.24 bits per heavy atom. The summed E-state index contributed by atoms with van der Waals surface area (Å²) >= 11 is 5.69. The van der Waals surface area contributed by atoms with Crippen molar-refractivity contribution in [3.05, 3.63) is 28.8 Å². The van der Waals surface area contributed by atoms with Crippen molar-refractivity contribution in [2.45, 2.75) is 19.1 Å². The number of aromatic hydroxyl groups is 1. The molecule has 6 heteroatoms. The molecule has 0 saturated heterocycles. The number of phenols is 1. The van der Waals surface area contributed by atoms with Crippen LogP contribution < -0.4 is 5.73 Å². The monoisotopic (exact) mass is 259 g/mol. The van der Waals surface area contributed by atoms with Gasteiger partial charge >= 0.3 is 5.97 Å². The highest BCUT2D eigenvalue weighted by Crippen LogP contribution is 2.27. The zero-order valence-corrected chi connectivity index (χ0v) is 10.0.